The quantitative estimate of drug-likeness (QED) is 0.284. The van der Waals surface area contributed by atoms with Crippen LogP contribution in [0.25, 0.3) is 0 Å². The highest BCUT2D eigenvalue weighted by Crippen LogP contribution is 2.65. The Morgan fingerprint density at radius 2 is 1.66 bits per heavy atom. The fourth-order valence-electron chi connectivity index (χ4n) is 3.69. The lowest BCUT2D eigenvalue weighted by Crippen LogP contribution is -2.17. The molecule has 0 saturated heterocycles. The van der Waals surface area contributed by atoms with E-state index in [-0.39, 0.29) is 17.2 Å². The Kier molecular flexibility index (Phi) is 6.51. The first-order valence-corrected chi connectivity index (χ1v) is 11.2. The molecule has 3 aromatic carbocycles. The summed E-state index contributed by atoms with van der Waals surface area (Å²) in [5.41, 5.74) is 2.11. The number of hydrogen-bond acceptors (Lipinski definition) is 2. The van der Waals surface area contributed by atoms with Crippen molar-refractivity contribution in [3.63, 3.8) is 0 Å². The van der Waals surface area contributed by atoms with Gasteiger partial charge in [0.25, 0.3) is 0 Å². The van der Waals surface area contributed by atoms with Gasteiger partial charge in [0.1, 0.15) is 10.2 Å². The van der Waals surface area contributed by atoms with E-state index in [9.17, 15) is 14.0 Å². The van der Waals surface area contributed by atoms with E-state index in [2.05, 4.69) is 5.32 Å². The minimum Gasteiger partial charge on any atom is -0.326 e. The first-order valence-electron chi connectivity index (χ1n) is 9.69. The zero-order valence-corrected chi connectivity index (χ0v) is 19.4. The number of Topliss-reactive ketones (excluding diaryl/α,β-unsaturated/α-hetero) is 1. The normalized spacial score (nSPS) is 18.8. The molecule has 8 heteroatoms. The van der Waals surface area contributed by atoms with E-state index in [0.717, 1.165) is 5.56 Å². The molecule has 1 fully saturated rings. The summed E-state index contributed by atoms with van der Waals surface area (Å²) in [5.74, 6) is -2.49. The van der Waals surface area contributed by atoms with Crippen molar-refractivity contribution in [1.82, 2.24) is 0 Å². The highest BCUT2D eigenvalue weighted by atomic mass is 35.5. The molecule has 1 saturated carbocycles. The maximum absolute atomic E-state index is 13.5. The predicted octanol–water partition coefficient (Wildman–Crippen LogP) is 7.08. The average Bonchev–Trinajstić information content (AvgIpc) is 3.34. The van der Waals surface area contributed by atoms with E-state index in [1.807, 2.05) is 30.3 Å². The highest BCUT2D eigenvalue weighted by molar-refractivity contribution is 6.53. The molecule has 0 spiro atoms. The fraction of sp³-hybridized carbons (Fsp3) is 0.167. The lowest BCUT2D eigenvalue weighted by atomic mass is 10.0. The second kappa shape index (κ2) is 9.03. The number of ketones is 1. The molecular formula is C24H16Cl4FNO2. The number of amides is 1. The van der Waals surface area contributed by atoms with Gasteiger partial charge in [-0.15, -0.1) is 23.2 Å². The lowest BCUT2D eigenvalue weighted by Gasteiger charge is -2.09. The second-order valence-electron chi connectivity index (χ2n) is 7.57. The van der Waals surface area contributed by atoms with Crippen LogP contribution in [0.15, 0.2) is 66.7 Å². The summed E-state index contributed by atoms with van der Waals surface area (Å²) in [4.78, 5) is 25.6. The number of rotatable bonds is 6. The van der Waals surface area contributed by atoms with Gasteiger partial charge in [0.2, 0.25) is 5.91 Å². The number of halogens is 5. The van der Waals surface area contributed by atoms with E-state index < -0.39 is 27.9 Å². The summed E-state index contributed by atoms with van der Waals surface area (Å²) in [5, 5.41) is 2.96. The maximum atomic E-state index is 13.5. The smallest absolute Gasteiger partial charge is 0.231 e. The third-order valence-electron chi connectivity index (χ3n) is 5.38. The van der Waals surface area contributed by atoms with Crippen molar-refractivity contribution in [2.75, 3.05) is 5.32 Å². The van der Waals surface area contributed by atoms with Crippen LogP contribution in [0.4, 0.5) is 10.1 Å². The van der Waals surface area contributed by atoms with Crippen LogP contribution >= 0.6 is 46.4 Å². The van der Waals surface area contributed by atoms with Crippen LogP contribution < -0.4 is 5.32 Å². The van der Waals surface area contributed by atoms with Gasteiger partial charge in [-0.1, -0.05) is 59.6 Å². The molecule has 1 amide bonds. The topological polar surface area (TPSA) is 46.2 Å². The molecule has 2 unspecified atom stereocenters. The molecule has 4 rings (SSSR count). The molecule has 0 radical (unpaired) electrons. The Labute approximate surface area is 204 Å². The Morgan fingerprint density at radius 3 is 2.34 bits per heavy atom. The maximum Gasteiger partial charge on any atom is 0.231 e. The van der Waals surface area contributed by atoms with Crippen LogP contribution in [0, 0.1) is 11.7 Å². The SMILES string of the molecule is O=C(Cc1ccccc1)c1cc(NC(=O)C2C(c3ccc(F)c(Cl)c3)C2(Cl)Cl)ccc1Cl. The van der Waals surface area contributed by atoms with Gasteiger partial charge in [-0.25, -0.2) is 4.39 Å². The van der Waals surface area contributed by atoms with Crippen molar-refractivity contribution >= 4 is 63.8 Å². The Morgan fingerprint density at radius 1 is 0.938 bits per heavy atom. The Bertz CT molecular complexity index is 1200. The molecule has 0 aromatic heterocycles. The van der Waals surface area contributed by atoms with Gasteiger partial charge in [0.15, 0.2) is 5.78 Å². The number of carbonyl (C=O) groups excluding carboxylic acids is 2. The highest BCUT2D eigenvalue weighted by Gasteiger charge is 2.67. The van der Waals surface area contributed by atoms with E-state index >= 15 is 0 Å². The van der Waals surface area contributed by atoms with Gasteiger partial charge in [-0.3, -0.25) is 9.59 Å². The fourth-order valence-corrected chi connectivity index (χ4v) is 4.93. The lowest BCUT2D eigenvalue weighted by molar-refractivity contribution is -0.117. The molecule has 32 heavy (non-hydrogen) atoms. The molecule has 0 aliphatic heterocycles. The first kappa shape index (κ1) is 23.1. The monoisotopic (exact) mass is 509 g/mol. The number of benzene rings is 3. The summed E-state index contributed by atoms with van der Waals surface area (Å²) < 4.78 is 12.1. The summed E-state index contributed by atoms with van der Waals surface area (Å²) >= 11 is 24.8. The molecule has 0 heterocycles. The number of carbonyl (C=O) groups is 2. The summed E-state index contributed by atoms with van der Waals surface area (Å²) in [7, 11) is 0. The molecule has 1 aliphatic carbocycles. The molecule has 2 atom stereocenters. The van der Waals surface area contributed by atoms with Crippen LogP contribution in [0.5, 0.6) is 0 Å². The van der Waals surface area contributed by atoms with Crippen molar-refractivity contribution in [3.05, 3.63) is 99.3 Å². The molecule has 1 aliphatic rings. The zero-order chi connectivity index (χ0) is 23.0. The molecular weight excluding hydrogens is 495 g/mol. The Hall–Kier alpha value is -2.11. The molecule has 164 valence electrons. The van der Waals surface area contributed by atoms with Crippen LogP contribution in [-0.4, -0.2) is 16.0 Å². The largest absolute Gasteiger partial charge is 0.326 e. The van der Waals surface area contributed by atoms with Crippen LogP contribution in [0.3, 0.4) is 0 Å². The van der Waals surface area contributed by atoms with Gasteiger partial charge in [-0.05, 0) is 41.5 Å². The minimum atomic E-state index is -1.36. The third-order valence-corrected chi connectivity index (χ3v) is 6.94. The number of hydrogen-bond donors (Lipinski definition) is 1. The molecule has 3 aromatic rings. The predicted molar refractivity (Wildman–Crippen MR) is 127 cm³/mol. The third kappa shape index (κ3) is 4.65. The van der Waals surface area contributed by atoms with Gasteiger partial charge < -0.3 is 5.32 Å². The second-order valence-corrected chi connectivity index (χ2v) is 9.83. The molecule has 0 bridgehead atoms. The summed E-state index contributed by atoms with van der Waals surface area (Å²) in [6.07, 6.45) is 0.181. The number of alkyl halides is 2. The van der Waals surface area contributed by atoms with Crippen molar-refractivity contribution < 1.29 is 14.0 Å². The van der Waals surface area contributed by atoms with Crippen LogP contribution in [0.1, 0.15) is 27.4 Å². The summed E-state index contributed by atoms with van der Waals surface area (Å²) in [6, 6.07) is 18.1. The Balaban J connectivity index is 1.50. The van der Waals surface area contributed by atoms with E-state index in [1.54, 1.807) is 12.1 Å². The van der Waals surface area contributed by atoms with Gasteiger partial charge in [-0.2, -0.15) is 0 Å². The minimum absolute atomic E-state index is 0.0723. The first-order chi connectivity index (χ1) is 15.2. The zero-order valence-electron chi connectivity index (χ0n) is 16.4. The van der Waals surface area contributed by atoms with Crippen LogP contribution in [-0.2, 0) is 11.2 Å². The van der Waals surface area contributed by atoms with Crippen molar-refractivity contribution in [3.8, 4) is 0 Å². The number of anilines is 1. The van der Waals surface area contributed by atoms with Gasteiger partial charge in [0, 0.05) is 23.6 Å². The average molecular weight is 511 g/mol. The summed E-state index contributed by atoms with van der Waals surface area (Å²) in [6.45, 7) is 0. The number of nitrogens with one attached hydrogen (secondary N) is 1. The molecule has 1 N–H and O–H groups in total. The van der Waals surface area contributed by atoms with Crippen molar-refractivity contribution in [2.45, 2.75) is 16.7 Å². The van der Waals surface area contributed by atoms with Crippen LogP contribution in [0.2, 0.25) is 10.0 Å². The van der Waals surface area contributed by atoms with Crippen molar-refractivity contribution in [1.29, 1.82) is 0 Å². The van der Waals surface area contributed by atoms with Crippen molar-refractivity contribution in [2.24, 2.45) is 5.92 Å². The van der Waals surface area contributed by atoms with E-state index in [4.69, 9.17) is 46.4 Å². The van der Waals surface area contributed by atoms with E-state index in [0.29, 0.717) is 21.8 Å². The van der Waals surface area contributed by atoms with Gasteiger partial charge in [0.05, 0.1) is 16.0 Å². The molecule has 3 nitrogen and oxygen atoms in total. The standard InChI is InChI=1S/C24H16Cl4FNO2/c25-17-8-7-15(12-16(17)20(31)10-13-4-2-1-3-5-13)30-23(32)22-21(24(22,27)28)14-6-9-19(29)18(26)11-14/h1-9,11-12,21-22H,10H2,(H,30,32). The van der Waals surface area contributed by atoms with E-state index in [1.165, 1.54) is 24.3 Å². The van der Waals surface area contributed by atoms with Gasteiger partial charge >= 0.3 is 0 Å².